The van der Waals surface area contributed by atoms with E-state index >= 15 is 0 Å². The van der Waals surface area contributed by atoms with Crippen molar-refractivity contribution >= 4 is 11.9 Å². The second-order valence-electron chi connectivity index (χ2n) is 3.40. The van der Waals surface area contributed by atoms with Gasteiger partial charge >= 0.3 is 11.9 Å². The van der Waals surface area contributed by atoms with Gasteiger partial charge in [-0.2, -0.15) is 0 Å². The summed E-state index contributed by atoms with van der Waals surface area (Å²) in [7, 11) is 0. The Morgan fingerprint density at radius 1 is 1.25 bits per heavy atom. The molecule has 1 fully saturated rings. The number of ether oxygens (including phenoxy) is 3. The first-order valence-corrected chi connectivity index (χ1v) is 4.74. The summed E-state index contributed by atoms with van der Waals surface area (Å²) < 4.78 is 14.5. The van der Waals surface area contributed by atoms with Gasteiger partial charge in [-0.25, -0.2) is 0 Å². The van der Waals surface area contributed by atoms with Gasteiger partial charge in [0.1, 0.15) is 12.2 Å². The highest BCUT2D eigenvalue weighted by atomic mass is 16.7. The maximum atomic E-state index is 10.8. The summed E-state index contributed by atoms with van der Waals surface area (Å²) in [4.78, 5) is 21.5. The summed E-state index contributed by atoms with van der Waals surface area (Å²) in [6.45, 7) is 1.85. The Balaban J connectivity index is 2.72. The van der Waals surface area contributed by atoms with Gasteiger partial charge in [0.15, 0.2) is 6.10 Å². The molecule has 0 spiro atoms. The molecule has 0 aromatic rings. The van der Waals surface area contributed by atoms with Crippen LogP contribution in [-0.2, 0) is 23.8 Å². The third-order valence-corrected chi connectivity index (χ3v) is 2.06. The Kier molecular flexibility index (Phi) is 4.22. The highest BCUT2D eigenvalue weighted by Gasteiger charge is 2.47. The number of aliphatic hydroxyl groups excluding tert-OH is 2. The van der Waals surface area contributed by atoms with Crippen LogP contribution in [0.2, 0.25) is 0 Å². The van der Waals surface area contributed by atoms with Gasteiger partial charge in [0, 0.05) is 13.8 Å². The summed E-state index contributed by atoms with van der Waals surface area (Å²) in [5, 5.41) is 18.5. The summed E-state index contributed by atoms with van der Waals surface area (Å²) in [5.41, 5.74) is 0. The number of aliphatic hydroxyl groups is 2. The molecule has 0 saturated carbocycles. The molecular weight excluding hydrogens is 220 g/mol. The Bertz CT molecular complexity index is 277. The molecule has 1 heterocycles. The van der Waals surface area contributed by atoms with Crippen molar-refractivity contribution in [3.63, 3.8) is 0 Å². The largest absolute Gasteiger partial charge is 0.453 e. The van der Waals surface area contributed by atoms with E-state index in [0.717, 1.165) is 13.8 Å². The second kappa shape index (κ2) is 5.24. The van der Waals surface area contributed by atoms with Crippen LogP contribution in [0.25, 0.3) is 0 Å². The van der Waals surface area contributed by atoms with Crippen LogP contribution in [0, 0.1) is 0 Å². The van der Waals surface area contributed by atoms with E-state index in [1.807, 2.05) is 0 Å². The summed E-state index contributed by atoms with van der Waals surface area (Å²) >= 11 is 0. The maximum Gasteiger partial charge on any atom is 0.305 e. The van der Waals surface area contributed by atoms with Crippen molar-refractivity contribution in [1.29, 1.82) is 0 Å². The molecule has 0 aromatic carbocycles. The van der Waals surface area contributed by atoms with Crippen molar-refractivity contribution < 1.29 is 34.0 Å². The van der Waals surface area contributed by atoms with Crippen LogP contribution in [0.3, 0.4) is 0 Å². The molecule has 1 unspecified atom stereocenters. The first-order chi connectivity index (χ1) is 7.45. The minimum atomic E-state index is -1.22. The molecule has 7 heteroatoms. The molecule has 1 aliphatic rings. The molecule has 0 radical (unpaired) electrons. The van der Waals surface area contributed by atoms with Gasteiger partial charge in [-0.1, -0.05) is 0 Å². The lowest BCUT2D eigenvalue weighted by Gasteiger charge is -2.19. The zero-order chi connectivity index (χ0) is 12.3. The molecule has 0 aliphatic carbocycles. The first kappa shape index (κ1) is 12.9. The van der Waals surface area contributed by atoms with E-state index in [1.54, 1.807) is 0 Å². The molecule has 1 aliphatic heterocycles. The number of rotatable bonds is 3. The lowest BCUT2D eigenvalue weighted by molar-refractivity contribution is -0.196. The van der Waals surface area contributed by atoms with Gasteiger partial charge in [-0.05, 0) is 0 Å². The quantitative estimate of drug-likeness (QED) is 0.576. The summed E-state index contributed by atoms with van der Waals surface area (Å²) in [6.07, 6.45) is -4.46. The van der Waals surface area contributed by atoms with Crippen LogP contribution in [0.5, 0.6) is 0 Å². The molecule has 16 heavy (non-hydrogen) atoms. The van der Waals surface area contributed by atoms with E-state index in [4.69, 9.17) is 19.3 Å². The monoisotopic (exact) mass is 234 g/mol. The number of hydrogen-bond donors (Lipinski definition) is 2. The Hall–Kier alpha value is -1.18. The van der Waals surface area contributed by atoms with Gasteiger partial charge in [-0.3, -0.25) is 9.59 Å². The van der Waals surface area contributed by atoms with E-state index < -0.39 is 43.1 Å². The molecular formula is C9H14O7. The molecule has 92 valence electrons. The minimum Gasteiger partial charge on any atom is -0.453 e. The number of carbonyl (C=O) groups excluding carboxylic acids is 2. The SMILES string of the molecule is CC(=O)O[C@@H]1O[C@H](CO)C(O)[C@@H]1OC(C)=O. The van der Waals surface area contributed by atoms with Crippen molar-refractivity contribution in [2.24, 2.45) is 0 Å². The van der Waals surface area contributed by atoms with Gasteiger partial charge in [0.05, 0.1) is 6.61 Å². The van der Waals surface area contributed by atoms with Crippen molar-refractivity contribution in [3.05, 3.63) is 0 Å². The van der Waals surface area contributed by atoms with E-state index in [0.29, 0.717) is 0 Å². The van der Waals surface area contributed by atoms with Crippen LogP contribution in [-0.4, -0.2) is 53.4 Å². The highest BCUT2D eigenvalue weighted by Crippen LogP contribution is 2.25. The smallest absolute Gasteiger partial charge is 0.305 e. The summed E-state index contributed by atoms with van der Waals surface area (Å²) in [6, 6.07) is 0. The van der Waals surface area contributed by atoms with E-state index in [-0.39, 0.29) is 0 Å². The fourth-order valence-corrected chi connectivity index (χ4v) is 1.43. The van der Waals surface area contributed by atoms with Crippen molar-refractivity contribution in [2.75, 3.05) is 6.61 Å². The predicted octanol–water partition coefficient (Wildman–Crippen LogP) is -1.44. The van der Waals surface area contributed by atoms with Gasteiger partial charge in [-0.15, -0.1) is 0 Å². The first-order valence-electron chi connectivity index (χ1n) is 4.74. The van der Waals surface area contributed by atoms with Crippen LogP contribution < -0.4 is 0 Å². The zero-order valence-corrected chi connectivity index (χ0v) is 8.95. The Labute approximate surface area is 91.9 Å². The van der Waals surface area contributed by atoms with E-state index in [1.165, 1.54) is 0 Å². The van der Waals surface area contributed by atoms with Crippen molar-refractivity contribution in [3.8, 4) is 0 Å². The lowest BCUT2D eigenvalue weighted by atomic mass is 10.1. The third-order valence-electron chi connectivity index (χ3n) is 2.06. The van der Waals surface area contributed by atoms with E-state index in [2.05, 4.69) is 0 Å². The van der Waals surface area contributed by atoms with Gasteiger partial charge in [0.25, 0.3) is 0 Å². The maximum absolute atomic E-state index is 10.8. The fourth-order valence-electron chi connectivity index (χ4n) is 1.43. The van der Waals surface area contributed by atoms with Crippen LogP contribution >= 0.6 is 0 Å². The van der Waals surface area contributed by atoms with Crippen LogP contribution in [0.4, 0.5) is 0 Å². The number of esters is 2. The standard InChI is InChI=1S/C9H14O7/c1-4(11)14-8-7(13)6(3-10)16-9(8)15-5(2)12/h6-10,13H,3H2,1-2H3/t6-,7?,8+,9-/m1/s1. The second-order valence-corrected chi connectivity index (χ2v) is 3.40. The zero-order valence-electron chi connectivity index (χ0n) is 8.95. The molecule has 1 saturated heterocycles. The van der Waals surface area contributed by atoms with Crippen molar-refractivity contribution in [2.45, 2.75) is 38.4 Å². The van der Waals surface area contributed by atoms with Crippen LogP contribution in [0.15, 0.2) is 0 Å². The molecule has 4 atom stereocenters. The summed E-state index contributed by atoms with van der Waals surface area (Å²) in [5.74, 6) is -1.27. The number of hydrogen-bond acceptors (Lipinski definition) is 7. The Morgan fingerprint density at radius 2 is 1.81 bits per heavy atom. The third kappa shape index (κ3) is 2.91. The van der Waals surface area contributed by atoms with Crippen molar-refractivity contribution in [1.82, 2.24) is 0 Å². The normalized spacial score (nSPS) is 33.5. The molecule has 7 nitrogen and oxygen atoms in total. The van der Waals surface area contributed by atoms with Gasteiger partial charge < -0.3 is 24.4 Å². The van der Waals surface area contributed by atoms with E-state index in [9.17, 15) is 14.7 Å². The van der Waals surface area contributed by atoms with Crippen LogP contribution in [0.1, 0.15) is 13.8 Å². The molecule has 2 N–H and O–H groups in total. The average molecular weight is 234 g/mol. The molecule has 0 amide bonds. The molecule has 0 bridgehead atoms. The van der Waals surface area contributed by atoms with Gasteiger partial charge in [0.2, 0.25) is 6.29 Å². The predicted molar refractivity (Wildman–Crippen MR) is 49.1 cm³/mol. The average Bonchev–Trinajstić information content (AvgIpc) is 2.44. The lowest BCUT2D eigenvalue weighted by Crippen LogP contribution is -2.38. The topological polar surface area (TPSA) is 102 Å². The number of carbonyl (C=O) groups is 2. The molecule has 1 rings (SSSR count). The Morgan fingerprint density at radius 3 is 2.25 bits per heavy atom. The molecule has 0 aromatic heterocycles. The highest BCUT2D eigenvalue weighted by molar-refractivity contribution is 5.67. The minimum absolute atomic E-state index is 0.462. The fraction of sp³-hybridized carbons (Fsp3) is 0.778.